The lowest BCUT2D eigenvalue weighted by atomic mass is 10.3. The molecule has 1 aromatic carbocycles. The summed E-state index contributed by atoms with van der Waals surface area (Å²) in [5.74, 6) is -0.370. The molecule has 0 unspecified atom stereocenters. The molecule has 1 aromatic rings. The molecule has 0 spiro atoms. The molecule has 0 saturated heterocycles. The second-order valence-electron chi connectivity index (χ2n) is 2.09. The Morgan fingerprint density at radius 3 is 2.15 bits per heavy atom. The van der Waals surface area contributed by atoms with Gasteiger partial charge >= 0.3 is 6.36 Å². The predicted molar refractivity (Wildman–Crippen MR) is 44.8 cm³/mol. The second-order valence-corrected chi connectivity index (χ2v) is 2.09. The number of ether oxygens (including phenoxy) is 1. The third-order valence-corrected chi connectivity index (χ3v) is 1.14. The van der Waals surface area contributed by atoms with Gasteiger partial charge in [0, 0.05) is 0 Å². The molecule has 0 aliphatic heterocycles. The Morgan fingerprint density at radius 1 is 1.15 bits per heavy atom. The van der Waals surface area contributed by atoms with E-state index in [2.05, 4.69) is 4.74 Å². The molecule has 2 nitrogen and oxygen atoms in total. The van der Waals surface area contributed by atoms with Crippen molar-refractivity contribution in [3.8, 4) is 5.75 Å². The molecule has 0 saturated carbocycles. The molecule has 0 aliphatic carbocycles. The van der Waals surface area contributed by atoms with Crippen LogP contribution in [0.4, 0.5) is 18.9 Å². The molecule has 0 aromatic heterocycles. The number of benzene rings is 1. The monoisotopic (exact) mass is 213 g/mol. The summed E-state index contributed by atoms with van der Waals surface area (Å²) in [6.07, 6.45) is -4.69. The number of anilines is 1. The molecule has 1 rings (SSSR count). The molecule has 2 N–H and O–H groups in total. The molecular weight excluding hydrogens is 207 g/mol. The number of hydrogen-bond donors (Lipinski definition) is 1. The Balaban J connectivity index is 0.00000144. The molecule has 0 bridgehead atoms. The third kappa shape index (κ3) is 3.89. The van der Waals surface area contributed by atoms with Crippen molar-refractivity contribution in [1.29, 1.82) is 0 Å². The van der Waals surface area contributed by atoms with Crippen molar-refractivity contribution in [2.24, 2.45) is 0 Å². The van der Waals surface area contributed by atoms with E-state index in [4.69, 9.17) is 5.73 Å². The fourth-order valence-electron chi connectivity index (χ4n) is 0.698. The molecule has 0 aliphatic rings. The largest absolute Gasteiger partial charge is 0.573 e. The average Bonchev–Trinajstić information content (AvgIpc) is 1.91. The molecule has 0 atom stereocenters. The summed E-state index contributed by atoms with van der Waals surface area (Å²) in [6.45, 7) is 0. The first kappa shape index (κ1) is 11.9. The molecule has 0 radical (unpaired) electrons. The van der Waals surface area contributed by atoms with Crippen molar-refractivity contribution in [2.75, 3.05) is 5.73 Å². The zero-order valence-electron chi connectivity index (χ0n) is 6.34. The first-order valence-electron chi connectivity index (χ1n) is 3.09. The van der Waals surface area contributed by atoms with Gasteiger partial charge in [-0.25, -0.2) is 0 Å². The van der Waals surface area contributed by atoms with Gasteiger partial charge in [0.1, 0.15) is 0 Å². The molecule has 0 fully saturated rings. The molecule has 0 amide bonds. The van der Waals surface area contributed by atoms with Crippen molar-refractivity contribution >= 4 is 18.1 Å². The van der Waals surface area contributed by atoms with Gasteiger partial charge in [-0.1, -0.05) is 12.1 Å². The van der Waals surface area contributed by atoms with Gasteiger partial charge in [-0.3, -0.25) is 0 Å². The van der Waals surface area contributed by atoms with Gasteiger partial charge < -0.3 is 10.5 Å². The average molecular weight is 214 g/mol. The first-order chi connectivity index (χ1) is 5.49. The van der Waals surface area contributed by atoms with E-state index in [1.54, 1.807) is 0 Å². The lowest BCUT2D eigenvalue weighted by Crippen LogP contribution is -2.17. The molecular formula is C7H7ClF3NO. The van der Waals surface area contributed by atoms with Gasteiger partial charge in [0.2, 0.25) is 0 Å². The van der Waals surface area contributed by atoms with E-state index in [-0.39, 0.29) is 23.8 Å². The summed E-state index contributed by atoms with van der Waals surface area (Å²) in [4.78, 5) is 0. The van der Waals surface area contributed by atoms with Gasteiger partial charge in [0.05, 0.1) is 5.69 Å². The number of nitrogens with two attached hydrogens (primary N) is 1. The zero-order valence-corrected chi connectivity index (χ0v) is 7.15. The number of para-hydroxylation sites is 2. The highest BCUT2D eigenvalue weighted by Gasteiger charge is 2.31. The van der Waals surface area contributed by atoms with Crippen molar-refractivity contribution < 1.29 is 17.9 Å². The van der Waals surface area contributed by atoms with Crippen LogP contribution < -0.4 is 10.5 Å². The fourth-order valence-corrected chi connectivity index (χ4v) is 0.698. The Kier molecular flexibility index (Phi) is 3.87. The number of rotatable bonds is 1. The number of halogens is 4. The van der Waals surface area contributed by atoms with Crippen molar-refractivity contribution in [2.45, 2.75) is 6.36 Å². The van der Waals surface area contributed by atoms with Crippen LogP contribution in [-0.4, -0.2) is 6.36 Å². The van der Waals surface area contributed by atoms with Crippen molar-refractivity contribution in [1.82, 2.24) is 0 Å². The van der Waals surface area contributed by atoms with E-state index in [0.717, 1.165) is 6.07 Å². The first-order valence-corrected chi connectivity index (χ1v) is 3.09. The maximum Gasteiger partial charge on any atom is 0.573 e. The summed E-state index contributed by atoms with van der Waals surface area (Å²) in [7, 11) is 0. The Bertz CT molecular complexity index is 277. The molecule has 74 valence electrons. The van der Waals surface area contributed by atoms with Crippen LogP contribution in [0.5, 0.6) is 5.75 Å². The number of hydrogen-bond acceptors (Lipinski definition) is 2. The van der Waals surface area contributed by atoms with Crippen LogP contribution in [0, 0.1) is 0 Å². The lowest BCUT2D eigenvalue weighted by molar-refractivity contribution is -0.274. The SMILES string of the molecule is Cl.Nc1ccccc1OC(F)(F)F. The van der Waals surface area contributed by atoms with Crippen LogP contribution >= 0.6 is 12.4 Å². The minimum absolute atomic E-state index is 0. The molecule has 0 heterocycles. The highest BCUT2D eigenvalue weighted by atomic mass is 35.5. The second kappa shape index (κ2) is 4.23. The quantitative estimate of drug-likeness (QED) is 0.728. The number of nitrogen functional groups attached to an aromatic ring is 1. The maximum atomic E-state index is 11.6. The van der Waals surface area contributed by atoms with Crippen LogP contribution in [0.25, 0.3) is 0 Å². The summed E-state index contributed by atoms with van der Waals surface area (Å²) in [5, 5.41) is 0. The van der Waals surface area contributed by atoms with Crippen LogP contribution in [0.2, 0.25) is 0 Å². The van der Waals surface area contributed by atoms with E-state index in [0.29, 0.717) is 0 Å². The molecule has 6 heteroatoms. The highest BCUT2D eigenvalue weighted by Crippen LogP contribution is 2.27. The highest BCUT2D eigenvalue weighted by molar-refractivity contribution is 5.85. The molecule has 13 heavy (non-hydrogen) atoms. The minimum atomic E-state index is -4.69. The van der Waals surface area contributed by atoms with Gasteiger partial charge in [0.15, 0.2) is 5.75 Å². The van der Waals surface area contributed by atoms with Crippen LogP contribution in [0.15, 0.2) is 24.3 Å². The predicted octanol–water partition coefficient (Wildman–Crippen LogP) is 2.59. The fraction of sp³-hybridized carbons (Fsp3) is 0.143. The van der Waals surface area contributed by atoms with Crippen LogP contribution in [0.1, 0.15) is 0 Å². The van der Waals surface area contributed by atoms with Crippen molar-refractivity contribution in [3.05, 3.63) is 24.3 Å². The van der Waals surface area contributed by atoms with Crippen molar-refractivity contribution in [3.63, 3.8) is 0 Å². The smallest absolute Gasteiger partial charge is 0.404 e. The van der Waals surface area contributed by atoms with E-state index in [1.807, 2.05) is 0 Å². The minimum Gasteiger partial charge on any atom is -0.404 e. The normalized spacial score (nSPS) is 10.4. The summed E-state index contributed by atoms with van der Waals surface area (Å²) in [6, 6.07) is 5.43. The van der Waals surface area contributed by atoms with Crippen LogP contribution in [0.3, 0.4) is 0 Å². The van der Waals surface area contributed by atoms with E-state index < -0.39 is 6.36 Å². The Hall–Kier alpha value is -1.10. The maximum absolute atomic E-state index is 11.6. The van der Waals surface area contributed by atoms with Gasteiger partial charge in [0.25, 0.3) is 0 Å². The standard InChI is InChI=1S/C7H6F3NO.ClH/c8-7(9,10)12-6-4-2-1-3-5(6)11;/h1-4H,11H2;1H. The topological polar surface area (TPSA) is 35.2 Å². The Morgan fingerprint density at radius 2 is 1.69 bits per heavy atom. The summed E-state index contributed by atoms with van der Waals surface area (Å²) >= 11 is 0. The van der Waals surface area contributed by atoms with E-state index in [1.165, 1.54) is 18.2 Å². The third-order valence-electron chi connectivity index (χ3n) is 1.14. The zero-order chi connectivity index (χ0) is 9.19. The van der Waals surface area contributed by atoms with Gasteiger partial charge in [-0.2, -0.15) is 0 Å². The Labute approximate surface area is 78.9 Å². The van der Waals surface area contributed by atoms with E-state index in [9.17, 15) is 13.2 Å². The van der Waals surface area contributed by atoms with Crippen LogP contribution in [-0.2, 0) is 0 Å². The summed E-state index contributed by atoms with van der Waals surface area (Å²) in [5.41, 5.74) is 5.17. The number of alkyl halides is 3. The van der Waals surface area contributed by atoms with Gasteiger partial charge in [-0.05, 0) is 12.1 Å². The summed E-state index contributed by atoms with van der Waals surface area (Å²) < 4.78 is 38.5. The lowest BCUT2D eigenvalue weighted by Gasteiger charge is -2.09. The van der Waals surface area contributed by atoms with E-state index >= 15 is 0 Å². The van der Waals surface area contributed by atoms with Gasteiger partial charge in [-0.15, -0.1) is 25.6 Å².